The average Bonchev–Trinajstić information content (AvgIpc) is 3.19. The van der Waals surface area contributed by atoms with Gasteiger partial charge in [-0.2, -0.15) is 0 Å². The van der Waals surface area contributed by atoms with E-state index in [0.717, 1.165) is 52.5 Å². The van der Waals surface area contributed by atoms with Crippen LogP contribution in [-0.2, 0) is 20.5 Å². The summed E-state index contributed by atoms with van der Waals surface area (Å²) in [5.74, 6) is 4.01. The molecule has 1 atom stereocenters. The zero-order valence-electron chi connectivity index (χ0n) is 27.9. The molecule has 0 N–H and O–H groups in total. The lowest BCUT2D eigenvalue weighted by atomic mass is 9.35. The summed E-state index contributed by atoms with van der Waals surface area (Å²) in [6.45, 7) is 8.64. The van der Waals surface area contributed by atoms with E-state index in [9.17, 15) is 0 Å². The third-order valence-electron chi connectivity index (χ3n) is 11.4. The van der Waals surface area contributed by atoms with Crippen molar-refractivity contribution in [3.05, 3.63) is 156 Å². The minimum Gasteiger partial charge on any atom is -0.390 e. The highest BCUT2D eigenvalue weighted by Gasteiger charge is 2.65. The molecule has 3 saturated heterocycles. The second-order valence-electron chi connectivity index (χ2n) is 15.0. The van der Waals surface area contributed by atoms with Gasteiger partial charge >= 0.3 is 7.12 Å². The van der Waals surface area contributed by atoms with Gasteiger partial charge in [-0.25, -0.2) is 0 Å². The SMILES string of the molecule is C[Si](C)(C)[C@@H]1B(C/C=C\B2OC(c3ccccc3)(c3ccccc3)C(c3ccccc3)(c3ccccc3)O2)C2CCCC1CCC2. The molecular formula is C41H48B2O2Si. The zero-order chi connectivity index (χ0) is 31.6. The number of hydrogen-bond donors (Lipinski definition) is 0. The fraction of sp³-hybridized carbons (Fsp3) is 0.366. The first-order chi connectivity index (χ1) is 22.4. The minimum atomic E-state index is -1.34. The van der Waals surface area contributed by atoms with Crippen molar-refractivity contribution in [1.29, 1.82) is 0 Å². The molecule has 2 nitrogen and oxygen atoms in total. The van der Waals surface area contributed by atoms with Crippen LogP contribution < -0.4 is 0 Å². The first-order valence-corrected chi connectivity index (χ1v) is 21.3. The maximum atomic E-state index is 7.44. The summed E-state index contributed by atoms with van der Waals surface area (Å²) in [5, 5.41) is 0. The van der Waals surface area contributed by atoms with E-state index in [2.05, 4.69) is 153 Å². The van der Waals surface area contributed by atoms with Gasteiger partial charge in [-0.1, -0.05) is 209 Å². The van der Waals surface area contributed by atoms with Crippen LogP contribution in [0.15, 0.2) is 133 Å². The second-order valence-corrected chi connectivity index (χ2v) is 20.4. The van der Waals surface area contributed by atoms with E-state index in [0.29, 0.717) is 0 Å². The van der Waals surface area contributed by atoms with Gasteiger partial charge < -0.3 is 9.31 Å². The number of rotatable bonds is 8. The second kappa shape index (κ2) is 13.2. The molecule has 7 rings (SSSR count). The van der Waals surface area contributed by atoms with E-state index in [-0.39, 0.29) is 0 Å². The molecule has 46 heavy (non-hydrogen) atoms. The van der Waals surface area contributed by atoms with Crippen LogP contribution in [0.4, 0.5) is 0 Å². The Morgan fingerprint density at radius 1 is 0.609 bits per heavy atom. The molecule has 3 aliphatic rings. The largest absolute Gasteiger partial charge is 0.487 e. The molecule has 234 valence electrons. The Balaban J connectivity index is 1.35. The topological polar surface area (TPSA) is 18.5 Å². The van der Waals surface area contributed by atoms with Crippen molar-refractivity contribution >= 4 is 21.9 Å². The smallest absolute Gasteiger partial charge is 0.390 e. The fourth-order valence-corrected chi connectivity index (χ4v) is 13.2. The van der Waals surface area contributed by atoms with E-state index in [4.69, 9.17) is 9.31 Å². The first-order valence-electron chi connectivity index (χ1n) is 17.7. The van der Waals surface area contributed by atoms with Crippen LogP contribution in [0, 0.1) is 5.92 Å². The van der Waals surface area contributed by atoms with Crippen molar-refractivity contribution in [2.75, 3.05) is 0 Å². The molecule has 0 unspecified atom stereocenters. The van der Waals surface area contributed by atoms with Crippen LogP contribution in [0.5, 0.6) is 0 Å². The van der Waals surface area contributed by atoms with Crippen molar-refractivity contribution in [3.63, 3.8) is 0 Å². The van der Waals surface area contributed by atoms with Crippen LogP contribution in [-0.4, -0.2) is 21.9 Å². The van der Waals surface area contributed by atoms with Crippen molar-refractivity contribution in [2.45, 2.75) is 86.9 Å². The number of hydrogen-bond acceptors (Lipinski definition) is 2. The van der Waals surface area contributed by atoms with Crippen LogP contribution in [0.3, 0.4) is 0 Å². The molecule has 3 fully saturated rings. The molecule has 0 aliphatic carbocycles. The van der Waals surface area contributed by atoms with Crippen LogP contribution >= 0.6 is 0 Å². The van der Waals surface area contributed by atoms with Crippen molar-refractivity contribution in [3.8, 4) is 0 Å². The number of fused-ring (bicyclic) bond motifs is 3. The first kappa shape index (κ1) is 31.5. The van der Waals surface area contributed by atoms with Gasteiger partial charge in [-0.3, -0.25) is 0 Å². The summed E-state index contributed by atoms with van der Waals surface area (Å²) in [4.78, 5) is 0. The molecule has 4 aromatic rings. The Morgan fingerprint density at radius 3 is 1.37 bits per heavy atom. The average molecular weight is 623 g/mol. The van der Waals surface area contributed by atoms with Gasteiger partial charge in [-0.05, 0) is 28.2 Å². The Bertz CT molecular complexity index is 1410. The molecule has 0 amide bonds. The monoisotopic (exact) mass is 622 g/mol. The molecular weight excluding hydrogens is 574 g/mol. The van der Waals surface area contributed by atoms with E-state index in [1.807, 2.05) is 0 Å². The van der Waals surface area contributed by atoms with Crippen molar-refractivity contribution < 1.29 is 9.31 Å². The third-order valence-corrected chi connectivity index (χ3v) is 14.3. The Kier molecular flexibility index (Phi) is 9.02. The summed E-state index contributed by atoms with van der Waals surface area (Å²) in [7, 11) is -1.86. The van der Waals surface area contributed by atoms with Gasteiger partial charge in [0.25, 0.3) is 0 Å². The molecule has 3 aliphatic heterocycles. The molecule has 0 aromatic heterocycles. The summed E-state index contributed by atoms with van der Waals surface area (Å²) >= 11 is 0. The lowest BCUT2D eigenvalue weighted by Gasteiger charge is -2.46. The third kappa shape index (κ3) is 5.59. The maximum absolute atomic E-state index is 7.44. The van der Waals surface area contributed by atoms with Crippen molar-refractivity contribution in [2.24, 2.45) is 5.92 Å². The van der Waals surface area contributed by atoms with Gasteiger partial charge in [0.15, 0.2) is 0 Å². The number of benzene rings is 4. The van der Waals surface area contributed by atoms with Gasteiger partial charge in [0.05, 0.1) is 0 Å². The maximum Gasteiger partial charge on any atom is 0.487 e. The zero-order valence-corrected chi connectivity index (χ0v) is 28.9. The van der Waals surface area contributed by atoms with Gasteiger partial charge in [0.2, 0.25) is 0 Å². The predicted molar refractivity (Wildman–Crippen MR) is 197 cm³/mol. The molecule has 0 radical (unpaired) electrons. The van der Waals surface area contributed by atoms with Crippen LogP contribution in [0.25, 0.3) is 0 Å². The summed E-state index contributed by atoms with van der Waals surface area (Å²) < 4.78 is 14.9. The van der Waals surface area contributed by atoms with E-state index in [1.54, 1.807) is 0 Å². The molecule has 4 aromatic carbocycles. The lowest BCUT2D eigenvalue weighted by Crippen LogP contribution is -2.48. The highest BCUT2D eigenvalue weighted by Crippen LogP contribution is 2.59. The van der Waals surface area contributed by atoms with Crippen LogP contribution in [0.1, 0.15) is 60.8 Å². The summed E-state index contributed by atoms with van der Waals surface area (Å²) in [6.07, 6.45) is 12.1. The number of allylic oxidation sites excluding steroid dienone is 1. The minimum absolute atomic E-state index is 0.517. The molecule has 2 bridgehead atoms. The quantitative estimate of drug-likeness (QED) is 0.182. The highest BCUT2D eigenvalue weighted by molar-refractivity contribution is 6.90. The summed E-state index contributed by atoms with van der Waals surface area (Å²) in [5.41, 5.74) is 3.38. The Labute approximate surface area is 278 Å². The van der Waals surface area contributed by atoms with E-state index in [1.165, 1.54) is 38.5 Å². The van der Waals surface area contributed by atoms with Gasteiger partial charge in [0.1, 0.15) is 17.9 Å². The van der Waals surface area contributed by atoms with Gasteiger partial charge in [-0.15, -0.1) is 0 Å². The van der Waals surface area contributed by atoms with Crippen molar-refractivity contribution in [1.82, 2.24) is 0 Å². The normalized spacial score (nSPS) is 24.2. The standard InChI is InChI=1S/C41H48B2O2Si/c1-46(2,3)39-33-19-16-29-38(30-17-20-33)42(39)31-18-32-43-44-40(34-21-8-4-9-22-34,35-23-10-5-11-24-35)41(45-43,36-25-12-6-13-26-36)37-27-14-7-15-28-37/h4-15,18,21-28,32-33,38-39H,16-17,19-20,29-31H2,1-3H3/b32-18-/t33?,38?,39-/m0/s1. The molecule has 3 heterocycles. The highest BCUT2D eigenvalue weighted by atomic mass is 28.3. The molecule has 0 spiro atoms. The summed E-state index contributed by atoms with van der Waals surface area (Å²) in [6, 6.07) is 42.9. The fourth-order valence-electron chi connectivity index (χ4n) is 9.77. The molecule has 5 heteroatoms. The Morgan fingerprint density at radius 2 is 1.00 bits per heavy atom. The molecule has 0 saturated carbocycles. The predicted octanol–water partition coefficient (Wildman–Crippen LogP) is 10.6. The van der Waals surface area contributed by atoms with Gasteiger partial charge in [0, 0.05) is 8.07 Å². The van der Waals surface area contributed by atoms with E-state index >= 15 is 0 Å². The lowest BCUT2D eigenvalue weighted by molar-refractivity contribution is 0.00370. The Hall–Kier alpha value is -3.11. The van der Waals surface area contributed by atoms with Crippen LogP contribution in [0.2, 0.25) is 37.2 Å². The van der Waals surface area contributed by atoms with E-state index < -0.39 is 26.4 Å².